The van der Waals surface area contributed by atoms with Crippen molar-refractivity contribution in [2.24, 2.45) is 0 Å². The van der Waals surface area contributed by atoms with E-state index in [1.165, 1.54) is 30.6 Å². The van der Waals surface area contributed by atoms with Crippen molar-refractivity contribution in [3.63, 3.8) is 0 Å². The summed E-state index contributed by atoms with van der Waals surface area (Å²) in [5.41, 5.74) is 0.705. The summed E-state index contributed by atoms with van der Waals surface area (Å²) in [7, 11) is 1.61. The maximum atomic E-state index is 12.4. The molecule has 1 aromatic carbocycles. The predicted molar refractivity (Wildman–Crippen MR) is 106 cm³/mol. The number of benzene rings is 1. The molecule has 1 aromatic heterocycles. The third-order valence-electron chi connectivity index (χ3n) is 4.13. The molecular weight excluding hydrogens is 348 g/mol. The topological polar surface area (TPSA) is 67.4 Å². The zero-order valence-electron chi connectivity index (χ0n) is 16.0. The van der Waals surface area contributed by atoms with Crippen LogP contribution >= 0.6 is 11.3 Å². The molecule has 1 heterocycles. The van der Waals surface area contributed by atoms with Gasteiger partial charge in [0.1, 0.15) is 10.8 Å². The number of nitrogens with zero attached hydrogens (tertiary/aromatic N) is 3. The SMILES string of the molecule is CCCCCN(Cc1nnc(C(=O)Nc2ccc(OC)cc2)s1)C(C)C. The van der Waals surface area contributed by atoms with Crippen LogP contribution in [0.2, 0.25) is 0 Å². The standard InChI is InChI=1S/C19H28N4O2S/c1-5-6-7-12-23(14(2)3)13-17-21-22-19(26-17)18(24)20-15-8-10-16(25-4)11-9-15/h8-11,14H,5-7,12-13H2,1-4H3,(H,20,24). The van der Waals surface area contributed by atoms with Gasteiger partial charge in [0, 0.05) is 11.7 Å². The summed E-state index contributed by atoms with van der Waals surface area (Å²) < 4.78 is 5.12. The molecule has 0 aliphatic rings. The molecule has 0 radical (unpaired) electrons. The lowest BCUT2D eigenvalue weighted by molar-refractivity contribution is 0.102. The van der Waals surface area contributed by atoms with E-state index in [1.807, 2.05) is 0 Å². The summed E-state index contributed by atoms with van der Waals surface area (Å²) in [5.74, 6) is 0.513. The molecule has 0 atom stereocenters. The number of anilines is 1. The van der Waals surface area contributed by atoms with E-state index >= 15 is 0 Å². The second-order valence-electron chi connectivity index (χ2n) is 6.45. The van der Waals surface area contributed by atoms with Crippen LogP contribution in [0.4, 0.5) is 5.69 Å². The molecule has 0 saturated heterocycles. The van der Waals surface area contributed by atoms with Crippen LogP contribution in [-0.2, 0) is 6.54 Å². The average molecular weight is 377 g/mol. The van der Waals surface area contributed by atoms with E-state index in [2.05, 4.69) is 41.2 Å². The number of aromatic nitrogens is 2. The van der Waals surface area contributed by atoms with Crippen LogP contribution in [0.25, 0.3) is 0 Å². The highest BCUT2D eigenvalue weighted by molar-refractivity contribution is 7.13. The largest absolute Gasteiger partial charge is 0.497 e. The fourth-order valence-corrected chi connectivity index (χ4v) is 3.29. The molecule has 0 spiro atoms. The molecule has 0 aliphatic carbocycles. The summed E-state index contributed by atoms with van der Waals surface area (Å²) in [6.07, 6.45) is 3.62. The third-order valence-corrected chi connectivity index (χ3v) is 5.03. The van der Waals surface area contributed by atoms with Crippen molar-refractivity contribution < 1.29 is 9.53 Å². The summed E-state index contributed by atoms with van der Waals surface area (Å²) in [6, 6.07) is 7.64. The average Bonchev–Trinajstić information content (AvgIpc) is 3.10. The van der Waals surface area contributed by atoms with E-state index in [9.17, 15) is 4.79 Å². The zero-order chi connectivity index (χ0) is 18.9. The normalized spacial score (nSPS) is 11.2. The zero-order valence-corrected chi connectivity index (χ0v) is 16.8. The predicted octanol–water partition coefficient (Wildman–Crippen LogP) is 4.20. The van der Waals surface area contributed by atoms with Crippen molar-refractivity contribution in [3.05, 3.63) is 34.3 Å². The number of rotatable bonds is 10. The van der Waals surface area contributed by atoms with Gasteiger partial charge in [-0.15, -0.1) is 10.2 Å². The Morgan fingerprint density at radius 2 is 1.96 bits per heavy atom. The fourth-order valence-electron chi connectivity index (χ4n) is 2.53. The summed E-state index contributed by atoms with van der Waals surface area (Å²) >= 11 is 1.35. The van der Waals surface area contributed by atoms with Gasteiger partial charge in [0.25, 0.3) is 5.91 Å². The molecule has 0 aliphatic heterocycles. The van der Waals surface area contributed by atoms with Crippen LogP contribution in [0.1, 0.15) is 54.8 Å². The lowest BCUT2D eigenvalue weighted by Crippen LogP contribution is -2.31. The summed E-state index contributed by atoms with van der Waals surface area (Å²) in [6.45, 7) is 8.35. The number of amides is 1. The molecule has 0 fully saturated rings. The molecule has 2 rings (SSSR count). The first-order valence-electron chi connectivity index (χ1n) is 9.05. The second kappa shape index (κ2) is 10.2. The Hall–Kier alpha value is -1.99. The highest BCUT2D eigenvalue weighted by Gasteiger charge is 2.16. The minimum atomic E-state index is -0.235. The first kappa shape index (κ1) is 20.3. The Balaban J connectivity index is 1.95. The summed E-state index contributed by atoms with van der Waals surface area (Å²) in [5, 5.41) is 12.4. The number of nitrogens with one attached hydrogen (secondary N) is 1. The molecule has 2 aromatic rings. The van der Waals surface area contributed by atoms with Crippen LogP contribution < -0.4 is 10.1 Å². The number of methoxy groups -OCH3 is 1. The smallest absolute Gasteiger partial charge is 0.286 e. The van der Waals surface area contributed by atoms with Gasteiger partial charge in [0.15, 0.2) is 0 Å². The van der Waals surface area contributed by atoms with Crippen molar-refractivity contribution in [3.8, 4) is 5.75 Å². The third kappa shape index (κ3) is 6.07. The molecule has 26 heavy (non-hydrogen) atoms. The molecule has 7 heteroatoms. The highest BCUT2D eigenvalue weighted by Crippen LogP contribution is 2.18. The lowest BCUT2D eigenvalue weighted by Gasteiger charge is -2.25. The van der Waals surface area contributed by atoms with E-state index < -0.39 is 0 Å². The number of hydrogen-bond acceptors (Lipinski definition) is 6. The van der Waals surface area contributed by atoms with Gasteiger partial charge in [0.05, 0.1) is 13.7 Å². The van der Waals surface area contributed by atoms with E-state index in [0.29, 0.717) is 16.7 Å². The van der Waals surface area contributed by atoms with Crippen LogP contribution in [0.5, 0.6) is 5.75 Å². The number of unbranched alkanes of at least 4 members (excludes halogenated alkanes) is 2. The quantitative estimate of drug-likeness (QED) is 0.630. The Labute approximate surface area is 159 Å². The van der Waals surface area contributed by atoms with Crippen molar-refractivity contribution in [1.82, 2.24) is 15.1 Å². The van der Waals surface area contributed by atoms with Crippen molar-refractivity contribution in [2.45, 2.75) is 52.6 Å². The van der Waals surface area contributed by atoms with Crippen LogP contribution in [-0.4, -0.2) is 40.7 Å². The van der Waals surface area contributed by atoms with Crippen LogP contribution in [0.15, 0.2) is 24.3 Å². The van der Waals surface area contributed by atoms with Gasteiger partial charge >= 0.3 is 0 Å². The van der Waals surface area contributed by atoms with Crippen molar-refractivity contribution >= 4 is 22.9 Å². The maximum absolute atomic E-state index is 12.4. The molecule has 0 bridgehead atoms. The van der Waals surface area contributed by atoms with Crippen molar-refractivity contribution in [1.29, 1.82) is 0 Å². The first-order chi connectivity index (χ1) is 12.5. The van der Waals surface area contributed by atoms with E-state index in [-0.39, 0.29) is 5.91 Å². The van der Waals surface area contributed by atoms with Crippen LogP contribution in [0, 0.1) is 0 Å². The summed E-state index contributed by atoms with van der Waals surface area (Å²) in [4.78, 5) is 14.7. The minimum Gasteiger partial charge on any atom is -0.497 e. The number of carbonyl (C=O) groups excluding carboxylic acids is 1. The Morgan fingerprint density at radius 3 is 2.58 bits per heavy atom. The molecule has 6 nitrogen and oxygen atoms in total. The van der Waals surface area contributed by atoms with Crippen LogP contribution in [0.3, 0.4) is 0 Å². The Bertz CT molecular complexity index is 685. The number of carbonyl (C=O) groups is 1. The number of ether oxygens (including phenoxy) is 1. The molecular formula is C19H28N4O2S. The first-order valence-corrected chi connectivity index (χ1v) is 9.87. The molecule has 1 N–H and O–H groups in total. The lowest BCUT2D eigenvalue weighted by atomic mass is 10.2. The van der Waals surface area contributed by atoms with E-state index in [1.54, 1.807) is 31.4 Å². The molecule has 0 unspecified atom stereocenters. The molecule has 142 valence electrons. The minimum absolute atomic E-state index is 0.235. The van der Waals surface area contributed by atoms with Gasteiger partial charge in [-0.05, 0) is 51.1 Å². The molecule has 1 amide bonds. The fraction of sp³-hybridized carbons (Fsp3) is 0.526. The van der Waals surface area contributed by atoms with Gasteiger partial charge in [-0.3, -0.25) is 9.69 Å². The van der Waals surface area contributed by atoms with Gasteiger partial charge < -0.3 is 10.1 Å². The highest BCUT2D eigenvalue weighted by atomic mass is 32.1. The van der Waals surface area contributed by atoms with Gasteiger partial charge in [-0.1, -0.05) is 31.1 Å². The monoisotopic (exact) mass is 376 g/mol. The Morgan fingerprint density at radius 1 is 1.23 bits per heavy atom. The van der Waals surface area contributed by atoms with Gasteiger partial charge in [-0.25, -0.2) is 0 Å². The Kier molecular flexibility index (Phi) is 8.00. The second-order valence-corrected chi connectivity index (χ2v) is 7.52. The maximum Gasteiger partial charge on any atom is 0.286 e. The van der Waals surface area contributed by atoms with E-state index in [4.69, 9.17) is 4.74 Å². The van der Waals surface area contributed by atoms with E-state index in [0.717, 1.165) is 23.8 Å². The van der Waals surface area contributed by atoms with Gasteiger partial charge in [-0.2, -0.15) is 0 Å². The van der Waals surface area contributed by atoms with Crippen molar-refractivity contribution in [2.75, 3.05) is 19.0 Å². The number of hydrogen-bond donors (Lipinski definition) is 1. The van der Waals surface area contributed by atoms with Gasteiger partial charge in [0.2, 0.25) is 5.01 Å². The molecule has 0 saturated carbocycles.